The summed E-state index contributed by atoms with van der Waals surface area (Å²) in [6.45, 7) is 0. The highest BCUT2D eigenvalue weighted by Gasteiger charge is 2.06. The van der Waals surface area contributed by atoms with Gasteiger partial charge in [-0.1, -0.05) is 24.3 Å². The van der Waals surface area contributed by atoms with E-state index in [1.807, 2.05) is 0 Å². The van der Waals surface area contributed by atoms with Crippen molar-refractivity contribution in [1.82, 2.24) is 0 Å². The van der Waals surface area contributed by atoms with Gasteiger partial charge in [0.25, 0.3) is 6.43 Å². The zero-order valence-electron chi connectivity index (χ0n) is 7.41. The number of benzene rings is 1. The number of alkyl halides is 2. The molecular weight excluding hydrogens is 190 g/mol. The number of aliphatic carboxylic acids is 1. The highest BCUT2D eigenvalue weighted by Crippen LogP contribution is 2.18. The maximum absolute atomic E-state index is 12.1. The molecule has 1 rings (SSSR count). The molecular formula is C10H10F2O2. The van der Waals surface area contributed by atoms with Crippen LogP contribution in [0.15, 0.2) is 24.3 Å². The van der Waals surface area contributed by atoms with Gasteiger partial charge in [0, 0.05) is 12.0 Å². The van der Waals surface area contributed by atoms with E-state index in [0.717, 1.165) is 5.56 Å². The van der Waals surface area contributed by atoms with Crippen LogP contribution in [0.3, 0.4) is 0 Å². The van der Waals surface area contributed by atoms with Crippen molar-refractivity contribution in [1.29, 1.82) is 0 Å². The molecule has 0 fully saturated rings. The summed E-state index contributed by atoms with van der Waals surface area (Å²) in [6.07, 6.45) is -2.07. The second kappa shape index (κ2) is 4.69. The van der Waals surface area contributed by atoms with Gasteiger partial charge in [-0.2, -0.15) is 0 Å². The lowest BCUT2D eigenvalue weighted by Crippen LogP contribution is -1.97. The fourth-order valence-corrected chi connectivity index (χ4v) is 1.08. The molecule has 0 heterocycles. The van der Waals surface area contributed by atoms with E-state index in [-0.39, 0.29) is 12.0 Å². The quantitative estimate of drug-likeness (QED) is 0.811. The lowest BCUT2D eigenvalue weighted by molar-refractivity contribution is -0.136. The Morgan fingerprint density at radius 3 is 2.29 bits per heavy atom. The zero-order chi connectivity index (χ0) is 10.6. The molecule has 0 atom stereocenters. The Kier molecular flexibility index (Phi) is 3.56. The molecule has 0 aromatic heterocycles. The standard InChI is InChI=1S/C10H10F2O2/c11-10(12)8-4-1-7(2-5-8)3-6-9(13)14/h1-2,4-5,10H,3,6H2,(H,13,14). The minimum atomic E-state index is -2.47. The first kappa shape index (κ1) is 10.6. The first-order valence-corrected chi connectivity index (χ1v) is 4.18. The summed E-state index contributed by atoms with van der Waals surface area (Å²) in [6, 6.07) is 5.71. The molecule has 0 aliphatic rings. The maximum Gasteiger partial charge on any atom is 0.303 e. The topological polar surface area (TPSA) is 37.3 Å². The Labute approximate surface area is 80.2 Å². The molecule has 4 heteroatoms. The zero-order valence-corrected chi connectivity index (χ0v) is 7.41. The molecule has 0 aliphatic heterocycles. The van der Waals surface area contributed by atoms with Crippen LogP contribution in [0.1, 0.15) is 24.0 Å². The molecule has 0 amide bonds. The Bertz CT molecular complexity index is 306. The van der Waals surface area contributed by atoms with Crippen LogP contribution in [0.5, 0.6) is 0 Å². The lowest BCUT2D eigenvalue weighted by atomic mass is 10.1. The van der Waals surface area contributed by atoms with Crippen molar-refractivity contribution in [2.75, 3.05) is 0 Å². The van der Waals surface area contributed by atoms with Crippen molar-refractivity contribution in [3.8, 4) is 0 Å². The van der Waals surface area contributed by atoms with Gasteiger partial charge in [0.05, 0.1) is 0 Å². The number of hydrogen-bond donors (Lipinski definition) is 1. The molecule has 0 radical (unpaired) electrons. The summed E-state index contributed by atoms with van der Waals surface area (Å²) in [4.78, 5) is 10.2. The Balaban J connectivity index is 2.59. The SMILES string of the molecule is O=C(O)CCc1ccc(C(F)F)cc1. The van der Waals surface area contributed by atoms with Gasteiger partial charge in [0.1, 0.15) is 0 Å². The molecule has 0 saturated carbocycles. The molecule has 1 aromatic rings. The number of aryl methyl sites for hydroxylation is 1. The van der Waals surface area contributed by atoms with E-state index < -0.39 is 12.4 Å². The van der Waals surface area contributed by atoms with Gasteiger partial charge in [-0.15, -0.1) is 0 Å². The predicted octanol–water partition coefficient (Wildman–Crippen LogP) is 2.64. The van der Waals surface area contributed by atoms with Crippen molar-refractivity contribution < 1.29 is 18.7 Å². The molecule has 76 valence electrons. The molecule has 1 N–H and O–H groups in total. The van der Waals surface area contributed by atoms with Crippen LogP contribution >= 0.6 is 0 Å². The summed E-state index contributed by atoms with van der Waals surface area (Å²) in [5.41, 5.74) is 0.723. The smallest absolute Gasteiger partial charge is 0.303 e. The Hall–Kier alpha value is -1.45. The van der Waals surface area contributed by atoms with Crippen molar-refractivity contribution in [3.05, 3.63) is 35.4 Å². The van der Waals surface area contributed by atoms with Crippen LogP contribution in [-0.2, 0) is 11.2 Å². The molecule has 14 heavy (non-hydrogen) atoms. The first-order valence-electron chi connectivity index (χ1n) is 4.18. The minimum Gasteiger partial charge on any atom is -0.481 e. The normalized spacial score (nSPS) is 10.5. The van der Waals surface area contributed by atoms with Gasteiger partial charge >= 0.3 is 5.97 Å². The van der Waals surface area contributed by atoms with Crippen molar-refractivity contribution in [3.63, 3.8) is 0 Å². The third-order valence-electron chi connectivity index (χ3n) is 1.86. The largest absolute Gasteiger partial charge is 0.481 e. The second-order valence-electron chi connectivity index (χ2n) is 2.94. The number of carboxylic acids is 1. The van der Waals surface area contributed by atoms with Crippen LogP contribution < -0.4 is 0 Å². The highest BCUT2D eigenvalue weighted by atomic mass is 19.3. The Morgan fingerprint density at radius 1 is 1.29 bits per heavy atom. The number of carboxylic acid groups (broad SMARTS) is 1. The summed E-state index contributed by atoms with van der Waals surface area (Å²) in [5.74, 6) is -0.886. The van der Waals surface area contributed by atoms with Gasteiger partial charge < -0.3 is 5.11 Å². The van der Waals surface area contributed by atoms with E-state index in [0.29, 0.717) is 6.42 Å². The summed E-state index contributed by atoms with van der Waals surface area (Å²) in [5, 5.41) is 8.40. The van der Waals surface area contributed by atoms with E-state index in [9.17, 15) is 13.6 Å². The minimum absolute atomic E-state index is 0.0219. The first-order chi connectivity index (χ1) is 6.59. The number of hydrogen-bond acceptors (Lipinski definition) is 1. The predicted molar refractivity (Wildman–Crippen MR) is 47.4 cm³/mol. The fourth-order valence-electron chi connectivity index (χ4n) is 1.08. The van der Waals surface area contributed by atoms with E-state index in [1.165, 1.54) is 24.3 Å². The van der Waals surface area contributed by atoms with Gasteiger partial charge in [0.15, 0.2) is 0 Å². The average molecular weight is 200 g/mol. The number of carbonyl (C=O) groups is 1. The van der Waals surface area contributed by atoms with Crippen LogP contribution in [-0.4, -0.2) is 11.1 Å². The molecule has 0 bridgehead atoms. The average Bonchev–Trinajstić information content (AvgIpc) is 2.15. The van der Waals surface area contributed by atoms with Crippen molar-refractivity contribution >= 4 is 5.97 Å². The molecule has 0 unspecified atom stereocenters. The van der Waals surface area contributed by atoms with Gasteiger partial charge in [0.2, 0.25) is 0 Å². The third kappa shape index (κ3) is 3.12. The fraction of sp³-hybridized carbons (Fsp3) is 0.300. The van der Waals surface area contributed by atoms with Crippen molar-refractivity contribution in [2.24, 2.45) is 0 Å². The van der Waals surface area contributed by atoms with E-state index in [2.05, 4.69) is 0 Å². The van der Waals surface area contributed by atoms with Gasteiger partial charge in [-0.3, -0.25) is 4.79 Å². The van der Waals surface area contributed by atoms with Crippen LogP contribution in [0.2, 0.25) is 0 Å². The molecule has 0 spiro atoms. The Morgan fingerprint density at radius 2 is 1.86 bits per heavy atom. The van der Waals surface area contributed by atoms with Gasteiger partial charge in [-0.25, -0.2) is 8.78 Å². The van der Waals surface area contributed by atoms with E-state index >= 15 is 0 Å². The number of rotatable bonds is 4. The summed E-state index contributed by atoms with van der Waals surface area (Å²) < 4.78 is 24.2. The summed E-state index contributed by atoms with van der Waals surface area (Å²) >= 11 is 0. The van der Waals surface area contributed by atoms with Crippen molar-refractivity contribution in [2.45, 2.75) is 19.3 Å². The number of halogens is 2. The van der Waals surface area contributed by atoms with Crippen LogP contribution in [0.25, 0.3) is 0 Å². The maximum atomic E-state index is 12.1. The lowest BCUT2D eigenvalue weighted by Gasteiger charge is -2.01. The molecule has 0 aliphatic carbocycles. The van der Waals surface area contributed by atoms with Crippen LogP contribution in [0.4, 0.5) is 8.78 Å². The van der Waals surface area contributed by atoms with E-state index in [4.69, 9.17) is 5.11 Å². The highest BCUT2D eigenvalue weighted by molar-refractivity contribution is 5.67. The summed E-state index contributed by atoms with van der Waals surface area (Å²) in [7, 11) is 0. The molecule has 1 aromatic carbocycles. The molecule has 0 saturated heterocycles. The molecule has 2 nitrogen and oxygen atoms in total. The third-order valence-corrected chi connectivity index (χ3v) is 1.86. The second-order valence-corrected chi connectivity index (χ2v) is 2.94. The van der Waals surface area contributed by atoms with E-state index in [1.54, 1.807) is 0 Å². The monoisotopic (exact) mass is 200 g/mol. The van der Waals surface area contributed by atoms with Crippen LogP contribution in [0, 0.1) is 0 Å². The van der Waals surface area contributed by atoms with Gasteiger partial charge in [-0.05, 0) is 12.0 Å².